The molecule has 0 fully saturated rings. The zero-order chi connectivity index (χ0) is 8.23. The first-order valence-electron chi connectivity index (χ1n) is 3.42. The topological polar surface area (TPSA) is 35.0 Å². The summed E-state index contributed by atoms with van der Waals surface area (Å²) < 4.78 is 5.36. The summed E-state index contributed by atoms with van der Waals surface area (Å²) >= 11 is 1.46. The van der Waals surface area contributed by atoms with Crippen molar-refractivity contribution in [2.24, 2.45) is 0 Å². The smallest absolute Gasteiger partial charge is 0.278 e. The van der Waals surface area contributed by atoms with Crippen molar-refractivity contribution >= 4 is 11.3 Å². The lowest BCUT2D eigenvalue weighted by molar-refractivity contribution is 0.476. The Balaban J connectivity index is 2.15. The van der Waals surface area contributed by atoms with E-state index in [0.29, 0.717) is 10.9 Å². The van der Waals surface area contributed by atoms with E-state index in [1.165, 1.54) is 11.3 Å². The molecule has 2 aromatic heterocycles. The van der Waals surface area contributed by atoms with Crippen molar-refractivity contribution in [2.75, 3.05) is 0 Å². The van der Waals surface area contributed by atoms with E-state index < -0.39 is 0 Å². The summed E-state index contributed by atoms with van der Waals surface area (Å²) in [5, 5.41) is 2.51. The maximum absolute atomic E-state index is 5.36. The Morgan fingerprint density at radius 2 is 2.33 bits per heavy atom. The Morgan fingerprint density at radius 1 is 1.33 bits per heavy atom. The normalized spacial score (nSPS) is 9.67. The van der Waals surface area contributed by atoms with Crippen LogP contribution in [0.1, 0.15) is 0 Å². The van der Waals surface area contributed by atoms with Gasteiger partial charge in [0.25, 0.3) is 5.19 Å². The maximum atomic E-state index is 5.36. The maximum Gasteiger partial charge on any atom is 0.278 e. The lowest BCUT2D eigenvalue weighted by Crippen LogP contribution is -1.82. The van der Waals surface area contributed by atoms with Crippen molar-refractivity contribution < 1.29 is 4.74 Å². The molecule has 0 unspecified atom stereocenters. The van der Waals surface area contributed by atoms with Gasteiger partial charge in [-0.1, -0.05) is 11.3 Å². The first kappa shape index (κ1) is 7.24. The van der Waals surface area contributed by atoms with E-state index in [0.717, 1.165) is 0 Å². The van der Waals surface area contributed by atoms with Crippen molar-refractivity contribution in [2.45, 2.75) is 0 Å². The molecule has 0 saturated carbocycles. The fourth-order valence-corrected chi connectivity index (χ4v) is 1.27. The molecule has 60 valence electrons. The third-order valence-corrected chi connectivity index (χ3v) is 1.90. The summed E-state index contributed by atoms with van der Waals surface area (Å²) in [6.07, 6.45) is 5.06. The monoisotopic (exact) mass is 178 g/mol. The summed E-state index contributed by atoms with van der Waals surface area (Å²) in [5.74, 6) is 0.715. The van der Waals surface area contributed by atoms with Crippen molar-refractivity contribution in [1.29, 1.82) is 0 Å². The summed E-state index contributed by atoms with van der Waals surface area (Å²) in [5.41, 5.74) is 0. The Hall–Kier alpha value is -1.42. The van der Waals surface area contributed by atoms with Crippen LogP contribution in [0.4, 0.5) is 0 Å². The lowest BCUT2D eigenvalue weighted by Gasteiger charge is -1.98. The summed E-state index contributed by atoms with van der Waals surface area (Å²) in [7, 11) is 0. The van der Waals surface area contributed by atoms with E-state index in [9.17, 15) is 0 Å². The molecule has 0 radical (unpaired) electrons. The van der Waals surface area contributed by atoms with Gasteiger partial charge in [-0.25, -0.2) is 4.98 Å². The quantitative estimate of drug-likeness (QED) is 0.707. The van der Waals surface area contributed by atoms with Gasteiger partial charge in [0.05, 0.1) is 6.20 Å². The van der Waals surface area contributed by atoms with Gasteiger partial charge in [-0.2, -0.15) is 0 Å². The van der Waals surface area contributed by atoms with Crippen molar-refractivity contribution in [3.63, 3.8) is 0 Å². The SMILES string of the molecule is c1cncc(Oc2nccs2)c1. The molecule has 0 bridgehead atoms. The van der Waals surface area contributed by atoms with Crippen molar-refractivity contribution in [3.8, 4) is 10.9 Å². The van der Waals surface area contributed by atoms with Gasteiger partial charge < -0.3 is 4.74 Å². The van der Waals surface area contributed by atoms with Gasteiger partial charge in [-0.3, -0.25) is 4.98 Å². The van der Waals surface area contributed by atoms with Crippen LogP contribution >= 0.6 is 11.3 Å². The first-order chi connectivity index (χ1) is 5.95. The van der Waals surface area contributed by atoms with Gasteiger partial charge >= 0.3 is 0 Å². The van der Waals surface area contributed by atoms with E-state index in [-0.39, 0.29) is 0 Å². The third-order valence-electron chi connectivity index (χ3n) is 1.25. The van der Waals surface area contributed by atoms with Gasteiger partial charge in [0.15, 0.2) is 0 Å². The Morgan fingerprint density at radius 3 is 3.00 bits per heavy atom. The highest BCUT2D eigenvalue weighted by Crippen LogP contribution is 2.21. The fraction of sp³-hybridized carbons (Fsp3) is 0. The van der Waals surface area contributed by atoms with Crippen LogP contribution in [-0.2, 0) is 0 Å². The summed E-state index contributed by atoms with van der Waals surface area (Å²) in [6.45, 7) is 0. The van der Waals surface area contributed by atoms with Crippen LogP contribution in [0, 0.1) is 0 Å². The third kappa shape index (κ3) is 1.60. The number of thiazole rings is 1. The molecular weight excluding hydrogens is 172 g/mol. The fourth-order valence-electron chi connectivity index (χ4n) is 0.769. The molecular formula is C8H6N2OS. The van der Waals surface area contributed by atoms with Crippen LogP contribution in [0.2, 0.25) is 0 Å². The first-order valence-corrected chi connectivity index (χ1v) is 4.30. The highest BCUT2D eigenvalue weighted by molar-refractivity contribution is 7.11. The average Bonchev–Trinajstić information content (AvgIpc) is 2.59. The van der Waals surface area contributed by atoms with Gasteiger partial charge in [0.1, 0.15) is 5.75 Å². The van der Waals surface area contributed by atoms with Crippen LogP contribution in [0.3, 0.4) is 0 Å². The number of nitrogens with zero attached hydrogens (tertiary/aromatic N) is 2. The Kier molecular flexibility index (Phi) is 2.00. The van der Waals surface area contributed by atoms with Crippen LogP contribution in [0.25, 0.3) is 0 Å². The Bertz CT molecular complexity index is 333. The van der Waals surface area contributed by atoms with E-state index in [1.54, 1.807) is 18.6 Å². The molecule has 2 heterocycles. The lowest BCUT2D eigenvalue weighted by atomic mass is 10.5. The number of hydrogen-bond acceptors (Lipinski definition) is 4. The summed E-state index contributed by atoms with van der Waals surface area (Å²) in [4.78, 5) is 7.90. The number of hydrogen-bond donors (Lipinski definition) is 0. The predicted octanol–water partition coefficient (Wildman–Crippen LogP) is 2.33. The standard InChI is InChI=1S/C8H6N2OS/c1-2-7(6-9-3-1)11-8-10-4-5-12-8/h1-6H. The minimum absolute atomic E-state index is 0.642. The minimum atomic E-state index is 0.642. The van der Waals surface area contributed by atoms with Gasteiger partial charge in [-0.05, 0) is 12.1 Å². The average molecular weight is 178 g/mol. The van der Waals surface area contributed by atoms with Crippen LogP contribution in [-0.4, -0.2) is 9.97 Å². The van der Waals surface area contributed by atoms with E-state index in [2.05, 4.69) is 9.97 Å². The summed E-state index contributed by atoms with van der Waals surface area (Å²) in [6, 6.07) is 3.66. The number of pyridine rings is 1. The van der Waals surface area contributed by atoms with Gasteiger partial charge in [0, 0.05) is 17.8 Å². The van der Waals surface area contributed by atoms with E-state index in [1.807, 2.05) is 17.5 Å². The molecule has 12 heavy (non-hydrogen) atoms. The highest BCUT2D eigenvalue weighted by Gasteiger charge is 1.96. The molecule has 3 nitrogen and oxygen atoms in total. The second kappa shape index (κ2) is 3.32. The molecule has 0 aliphatic heterocycles. The molecule has 0 saturated heterocycles. The molecule has 2 rings (SSSR count). The van der Waals surface area contributed by atoms with Crippen LogP contribution in [0.15, 0.2) is 36.1 Å². The molecule has 0 N–H and O–H groups in total. The molecule has 0 atom stereocenters. The second-order valence-electron chi connectivity index (χ2n) is 2.09. The number of ether oxygens (including phenoxy) is 1. The molecule has 0 aliphatic rings. The molecule has 0 aromatic carbocycles. The molecule has 2 aromatic rings. The largest absolute Gasteiger partial charge is 0.429 e. The van der Waals surface area contributed by atoms with Crippen molar-refractivity contribution in [1.82, 2.24) is 9.97 Å². The minimum Gasteiger partial charge on any atom is -0.429 e. The zero-order valence-corrected chi connectivity index (χ0v) is 6.99. The van der Waals surface area contributed by atoms with Crippen LogP contribution < -0.4 is 4.74 Å². The predicted molar refractivity (Wildman–Crippen MR) is 46.4 cm³/mol. The van der Waals surface area contributed by atoms with E-state index in [4.69, 9.17) is 4.74 Å². The van der Waals surface area contributed by atoms with Gasteiger partial charge in [-0.15, -0.1) is 0 Å². The zero-order valence-electron chi connectivity index (χ0n) is 6.18. The molecule has 0 aliphatic carbocycles. The number of aromatic nitrogens is 2. The molecule has 0 spiro atoms. The van der Waals surface area contributed by atoms with Crippen LogP contribution in [0.5, 0.6) is 10.9 Å². The Labute approximate surface area is 73.7 Å². The number of rotatable bonds is 2. The van der Waals surface area contributed by atoms with E-state index >= 15 is 0 Å². The molecule has 4 heteroatoms. The van der Waals surface area contributed by atoms with Crippen molar-refractivity contribution in [3.05, 3.63) is 36.1 Å². The second-order valence-corrected chi connectivity index (χ2v) is 2.95. The highest BCUT2D eigenvalue weighted by atomic mass is 32.1. The molecule has 0 amide bonds. The van der Waals surface area contributed by atoms with Gasteiger partial charge in [0.2, 0.25) is 0 Å².